The van der Waals surface area contributed by atoms with Gasteiger partial charge in [0.25, 0.3) is 12.4 Å². The van der Waals surface area contributed by atoms with Crippen LogP contribution in [0.3, 0.4) is 0 Å². The number of hydrogen-bond acceptors (Lipinski definition) is 24. The lowest BCUT2D eigenvalue weighted by atomic mass is 9.84. The van der Waals surface area contributed by atoms with Gasteiger partial charge in [-0.3, -0.25) is 14.4 Å². The van der Waals surface area contributed by atoms with E-state index in [1.165, 1.54) is 18.3 Å². The highest BCUT2D eigenvalue weighted by Gasteiger charge is 2.50. The van der Waals surface area contributed by atoms with Gasteiger partial charge < -0.3 is 105 Å². The number of nitrogens with two attached hydrogens (primary N) is 6. The Labute approximate surface area is 381 Å². The van der Waals surface area contributed by atoms with E-state index in [9.17, 15) is 45.0 Å². The molecule has 1 aromatic carbocycles. The van der Waals surface area contributed by atoms with Crippen LogP contribution in [0.15, 0.2) is 30.5 Å². The quantitative estimate of drug-likeness (QED) is 0.0594. The minimum atomic E-state index is -1.55. The first-order valence-corrected chi connectivity index (χ1v) is 21.0. The van der Waals surface area contributed by atoms with Gasteiger partial charge >= 0.3 is 5.97 Å². The number of carbonyl (C=O) groups excluding carboxylic acids is 2. The van der Waals surface area contributed by atoms with Gasteiger partial charge in [-0.15, -0.1) is 0 Å². The van der Waals surface area contributed by atoms with Crippen LogP contribution in [0.1, 0.15) is 41.7 Å². The summed E-state index contributed by atoms with van der Waals surface area (Å²) < 4.78 is 23.3. The average molecular weight is 950 g/mol. The summed E-state index contributed by atoms with van der Waals surface area (Å²) in [5.41, 5.74) is 38.3. The molecule has 0 radical (unpaired) electrons. The van der Waals surface area contributed by atoms with Crippen LogP contribution in [0.4, 0.5) is 17.5 Å². The van der Waals surface area contributed by atoms with Crippen LogP contribution in [-0.2, 0) is 39.9 Å². The van der Waals surface area contributed by atoms with E-state index in [4.69, 9.17) is 63.3 Å². The molecule has 3 aromatic rings. The Bertz CT molecular complexity index is 2150. The summed E-state index contributed by atoms with van der Waals surface area (Å²) in [5.74, 6) is -2.57. The maximum absolute atomic E-state index is 13.1. The molecule has 2 amide bonds. The number of carbonyl (C=O) groups is 4. The van der Waals surface area contributed by atoms with Gasteiger partial charge in [0, 0.05) is 43.3 Å². The first kappa shape index (κ1) is 52.4. The number of nitrogen functional groups attached to an aromatic ring is 2. The van der Waals surface area contributed by atoms with Crippen LogP contribution in [0.25, 0.3) is 11.2 Å². The van der Waals surface area contributed by atoms with E-state index in [-0.39, 0.29) is 61.7 Å². The van der Waals surface area contributed by atoms with E-state index in [1.807, 2.05) is 4.90 Å². The largest absolute Gasteiger partial charge is 0.483 e. The molecule has 28 heteroatoms. The van der Waals surface area contributed by atoms with Crippen LogP contribution < -0.4 is 49.9 Å². The zero-order valence-corrected chi connectivity index (χ0v) is 36.2. The van der Waals surface area contributed by atoms with E-state index in [0.717, 1.165) is 0 Å². The van der Waals surface area contributed by atoms with Crippen molar-refractivity contribution in [3.8, 4) is 0 Å². The van der Waals surface area contributed by atoms with Crippen molar-refractivity contribution in [1.29, 1.82) is 0 Å². The number of anilines is 3. The minimum absolute atomic E-state index is 0.0185. The number of aliphatic carboxylic acids is 1. The molecular weight excluding hydrogens is 891 g/mol. The summed E-state index contributed by atoms with van der Waals surface area (Å²) in [4.78, 5) is 64.9. The number of nitrogens with one attached hydrogen (secondary N) is 2. The van der Waals surface area contributed by atoms with Gasteiger partial charge in [0.2, 0.25) is 11.9 Å². The van der Waals surface area contributed by atoms with Crippen LogP contribution in [-0.4, -0.2) is 192 Å². The molecule has 28 nitrogen and oxygen atoms in total. The van der Waals surface area contributed by atoms with Crippen LogP contribution >= 0.6 is 0 Å². The zero-order valence-electron chi connectivity index (χ0n) is 36.2. The summed E-state index contributed by atoms with van der Waals surface area (Å²) in [6.07, 6.45) is -12.1. The fourth-order valence-electron chi connectivity index (χ4n) is 7.74. The molecule has 0 bridgehead atoms. The van der Waals surface area contributed by atoms with Gasteiger partial charge in [0.05, 0.1) is 43.2 Å². The van der Waals surface area contributed by atoms with Crippen molar-refractivity contribution in [2.24, 2.45) is 22.9 Å². The highest BCUT2D eigenvalue weighted by Crippen LogP contribution is 2.31. The Balaban J connectivity index is 0.00000273. The molecule has 6 rings (SSSR count). The lowest BCUT2D eigenvalue weighted by Gasteiger charge is -2.47. The number of nitrogens with zero attached hydrogens (tertiary/aromatic N) is 5. The lowest BCUT2D eigenvalue weighted by Crippen LogP contribution is -2.68. The van der Waals surface area contributed by atoms with Crippen molar-refractivity contribution in [1.82, 2.24) is 30.6 Å². The summed E-state index contributed by atoms with van der Waals surface area (Å²) >= 11 is 0. The van der Waals surface area contributed by atoms with Gasteiger partial charge in [0.1, 0.15) is 48.8 Å². The van der Waals surface area contributed by atoms with E-state index < -0.39 is 116 Å². The average Bonchev–Trinajstić information content (AvgIpc) is 3.28. The van der Waals surface area contributed by atoms with Gasteiger partial charge in [-0.2, -0.15) is 9.97 Å². The number of aliphatic hydroxyl groups excluding tert-OH is 5. The number of amides is 2. The van der Waals surface area contributed by atoms with E-state index in [0.29, 0.717) is 23.4 Å². The minimum Gasteiger partial charge on any atom is -0.483 e. The molecule has 2 aromatic heterocycles. The molecule has 4 heterocycles. The molecule has 15 atom stereocenters. The molecule has 0 spiro atoms. The molecule has 67 heavy (non-hydrogen) atoms. The van der Waals surface area contributed by atoms with E-state index in [1.54, 1.807) is 19.2 Å². The SMILES string of the molecule is CN(Cc1cnc2nc(N)nc(N)c2n1)c1ccc(C(=O)NC(CCC(=O)NC[C@H]2O[C@H](O[C@H]3[C@H](O)[C@@H](O[C@H]4O[C@H](CO)[C@@H](O)[C@H](N)[C@H]4O)[C@H](N)C[C@@H]3N)[C@H](N)C[C@@H]2O)C(=O)O)cc1.O=CO. The Morgan fingerprint density at radius 3 is 2.15 bits per heavy atom. The summed E-state index contributed by atoms with van der Waals surface area (Å²) in [6.45, 7) is -0.812. The van der Waals surface area contributed by atoms with Gasteiger partial charge in [-0.1, -0.05) is 0 Å². The summed E-state index contributed by atoms with van der Waals surface area (Å²) in [7, 11) is 1.79. The molecule has 1 aliphatic carbocycles. The Morgan fingerprint density at radius 2 is 1.52 bits per heavy atom. The monoisotopic (exact) mass is 949 g/mol. The Hall–Kier alpha value is -5.60. The van der Waals surface area contributed by atoms with E-state index >= 15 is 0 Å². The van der Waals surface area contributed by atoms with Gasteiger partial charge in [-0.25, -0.2) is 14.8 Å². The van der Waals surface area contributed by atoms with Crippen LogP contribution in [0, 0.1) is 0 Å². The molecule has 370 valence electrons. The third-order valence-electron chi connectivity index (χ3n) is 11.4. The number of carboxylic acid groups (broad SMARTS) is 2. The lowest BCUT2D eigenvalue weighted by molar-refractivity contribution is -0.315. The van der Waals surface area contributed by atoms with Crippen molar-refractivity contribution in [2.75, 3.05) is 36.6 Å². The fraction of sp³-hybridized carbons (Fsp3) is 0.590. The second-order valence-electron chi connectivity index (χ2n) is 16.3. The van der Waals surface area contributed by atoms with Gasteiger partial charge in [0.15, 0.2) is 29.6 Å². The third-order valence-corrected chi connectivity index (χ3v) is 11.4. The van der Waals surface area contributed by atoms with Crippen molar-refractivity contribution >= 4 is 52.9 Å². The Kier molecular flexibility index (Phi) is 18.3. The highest BCUT2D eigenvalue weighted by molar-refractivity contribution is 5.97. The Morgan fingerprint density at radius 1 is 0.896 bits per heavy atom. The van der Waals surface area contributed by atoms with Crippen molar-refractivity contribution < 1.29 is 73.9 Å². The first-order valence-electron chi connectivity index (χ1n) is 21.0. The topological polar surface area (TPSA) is 482 Å². The number of aromatic nitrogens is 4. The van der Waals surface area contributed by atoms with E-state index in [2.05, 4.69) is 30.6 Å². The second-order valence-corrected chi connectivity index (χ2v) is 16.3. The number of hydrogen-bond donors (Lipinski definition) is 15. The maximum atomic E-state index is 13.1. The molecular formula is C39H59N13O15. The molecule has 2 aliphatic heterocycles. The predicted octanol–water partition coefficient (Wildman–Crippen LogP) is -6.24. The number of fused-ring (bicyclic) bond motifs is 1. The van der Waals surface area contributed by atoms with Gasteiger partial charge in [-0.05, 0) is 43.5 Å². The standard InChI is InChI=1S/C38H57N13O13.CH2O2/c1-51(12-15-10-46-33-26(47-15)32(43)49-38(44)50-33)16-4-2-14(3-5-16)34(58)48-20(35(59)60)6-7-24(54)45-11-22-21(53)9-19(41)36(61-22)63-30-17(39)8-18(40)31(29(30)57)64-37-28(56)25(42)27(55)23(13-52)62-37;2-1-3/h2-5,10,17-23,25,27-31,36-37,52-53,55-57H,6-9,11-13,39-42H2,1H3,(H,45,54)(H,48,58)(H,59,60)(H4,43,44,46,49,50);1H,(H,2,3)/t17-,18+,19+,20?,21-,22+,23+,25-,27+,28+,29-,30+,31-,36+,37+;/m0./s1. The fourth-order valence-corrected chi connectivity index (χ4v) is 7.74. The number of carboxylic acids is 1. The zero-order chi connectivity index (χ0) is 49.3. The van der Waals surface area contributed by atoms with Crippen molar-refractivity contribution in [2.45, 2.75) is 124 Å². The maximum Gasteiger partial charge on any atom is 0.326 e. The molecule has 2 saturated heterocycles. The smallest absolute Gasteiger partial charge is 0.326 e. The molecule has 1 saturated carbocycles. The first-order chi connectivity index (χ1) is 31.8. The normalized spacial score (nSPS) is 31.1. The number of rotatable bonds is 16. The third kappa shape index (κ3) is 13.1. The van der Waals surface area contributed by atoms with Crippen LogP contribution in [0.2, 0.25) is 0 Å². The molecule has 1 unspecified atom stereocenters. The second kappa shape index (κ2) is 23.4. The molecule has 3 fully saturated rings. The van der Waals surface area contributed by atoms with Crippen molar-refractivity contribution in [3.05, 3.63) is 41.7 Å². The number of benzene rings is 1. The van der Waals surface area contributed by atoms with Crippen molar-refractivity contribution in [3.63, 3.8) is 0 Å². The predicted molar refractivity (Wildman–Crippen MR) is 232 cm³/mol. The molecule has 3 aliphatic rings. The summed E-state index contributed by atoms with van der Waals surface area (Å²) in [5, 5.41) is 74.2. The highest BCUT2D eigenvalue weighted by atomic mass is 16.7. The van der Waals surface area contributed by atoms with Crippen LogP contribution in [0.5, 0.6) is 0 Å². The summed E-state index contributed by atoms with van der Waals surface area (Å²) in [6, 6.07) is 1.05. The number of ether oxygens (including phenoxy) is 4. The molecule has 21 N–H and O–H groups in total. The number of aliphatic hydroxyl groups is 5.